The summed E-state index contributed by atoms with van der Waals surface area (Å²) in [5, 5.41) is 14.2. The van der Waals surface area contributed by atoms with E-state index in [0.29, 0.717) is 34.9 Å². The Bertz CT molecular complexity index is 1080. The number of hydrogen-bond acceptors (Lipinski definition) is 4. The van der Waals surface area contributed by atoms with Gasteiger partial charge in [0.05, 0.1) is 18.0 Å². The minimum atomic E-state index is -1.83. The lowest BCUT2D eigenvalue weighted by Gasteiger charge is -2.23. The van der Waals surface area contributed by atoms with Gasteiger partial charge < -0.3 is 15.2 Å². The number of aliphatic hydroxyl groups is 1. The van der Waals surface area contributed by atoms with Crippen molar-refractivity contribution in [3.8, 4) is 5.75 Å². The molecule has 1 heterocycles. The highest BCUT2D eigenvalue weighted by Crippen LogP contribution is 2.44. The van der Waals surface area contributed by atoms with E-state index in [0.717, 1.165) is 0 Å². The maximum absolute atomic E-state index is 13.3. The van der Waals surface area contributed by atoms with Crippen molar-refractivity contribution < 1.29 is 19.4 Å². The number of carbonyl (C=O) groups excluding carboxylic acids is 2. The first-order chi connectivity index (χ1) is 14.6. The smallest absolute Gasteiger partial charge is 0.268 e. The standard InChI is InChI=1S/C24H22N2O4/c1-2-30-21-15-9-7-13-19(21)25-22(27)16-26-20-14-8-6-12-18(20)24(29,23(26)28)17-10-4-3-5-11-17/h3-15,29H,2,16H2,1H3,(H,25,27)/t24-/m1/s1. The van der Waals surface area contributed by atoms with Gasteiger partial charge in [0.25, 0.3) is 5.91 Å². The van der Waals surface area contributed by atoms with Crippen LogP contribution in [0.15, 0.2) is 78.9 Å². The Kier molecular flexibility index (Phi) is 5.25. The van der Waals surface area contributed by atoms with E-state index in [2.05, 4.69) is 5.32 Å². The number of ether oxygens (including phenoxy) is 1. The van der Waals surface area contributed by atoms with Crippen LogP contribution >= 0.6 is 0 Å². The SMILES string of the molecule is CCOc1ccccc1NC(=O)CN1C(=O)[C@@](O)(c2ccccc2)c2ccccc21. The van der Waals surface area contributed by atoms with E-state index in [1.165, 1.54) is 4.90 Å². The zero-order chi connectivity index (χ0) is 21.1. The predicted octanol–water partition coefficient (Wildman–Crippen LogP) is 3.31. The summed E-state index contributed by atoms with van der Waals surface area (Å²) in [6.45, 7) is 2.10. The zero-order valence-electron chi connectivity index (χ0n) is 16.5. The first-order valence-electron chi connectivity index (χ1n) is 9.76. The number of amides is 2. The number of nitrogens with one attached hydrogen (secondary N) is 1. The van der Waals surface area contributed by atoms with E-state index in [1.54, 1.807) is 66.7 Å². The maximum Gasteiger partial charge on any atom is 0.268 e. The van der Waals surface area contributed by atoms with Gasteiger partial charge in [-0.1, -0.05) is 60.7 Å². The van der Waals surface area contributed by atoms with Crippen molar-refractivity contribution in [2.45, 2.75) is 12.5 Å². The van der Waals surface area contributed by atoms with Crippen LogP contribution in [-0.4, -0.2) is 30.1 Å². The van der Waals surface area contributed by atoms with E-state index in [9.17, 15) is 14.7 Å². The number of nitrogens with zero attached hydrogens (tertiary/aromatic N) is 1. The van der Waals surface area contributed by atoms with Gasteiger partial charge in [-0.05, 0) is 30.7 Å². The molecule has 2 amide bonds. The quantitative estimate of drug-likeness (QED) is 0.663. The van der Waals surface area contributed by atoms with Crippen LogP contribution in [0, 0.1) is 0 Å². The van der Waals surface area contributed by atoms with Gasteiger partial charge in [0.15, 0.2) is 5.60 Å². The summed E-state index contributed by atoms with van der Waals surface area (Å²) < 4.78 is 5.54. The topological polar surface area (TPSA) is 78.9 Å². The molecule has 4 rings (SSSR count). The molecule has 6 heteroatoms. The average molecular weight is 402 g/mol. The van der Waals surface area contributed by atoms with E-state index < -0.39 is 11.5 Å². The summed E-state index contributed by atoms with van der Waals surface area (Å²) in [6.07, 6.45) is 0. The molecule has 152 valence electrons. The van der Waals surface area contributed by atoms with Crippen LogP contribution in [0.2, 0.25) is 0 Å². The van der Waals surface area contributed by atoms with Gasteiger partial charge in [-0.3, -0.25) is 14.5 Å². The van der Waals surface area contributed by atoms with Crippen LogP contribution < -0.4 is 15.0 Å². The highest BCUT2D eigenvalue weighted by atomic mass is 16.5. The molecule has 0 spiro atoms. The highest BCUT2D eigenvalue weighted by Gasteiger charge is 2.51. The molecule has 0 fully saturated rings. The number of rotatable bonds is 6. The van der Waals surface area contributed by atoms with E-state index >= 15 is 0 Å². The Labute approximate surface area is 174 Å². The first-order valence-corrected chi connectivity index (χ1v) is 9.76. The second kappa shape index (κ2) is 8.00. The molecule has 1 atom stereocenters. The minimum Gasteiger partial charge on any atom is -0.492 e. The summed E-state index contributed by atoms with van der Waals surface area (Å²) in [4.78, 5) is 27.4. The normalized spacial score (nSPS) is 17.5. The second-order valence-corrected chi connectivity index (χ2v) is 6.96. The third-order valence-corrected chi connectivity index (χ3v) is 5.09. The fourth-order valence-corrected chi connectivity index (χ4v) is 3.73. The minimum absolute atomic E-state index is 0.231. The van der Waals surface area contributed by atoms with Gasteiger partial charge in [-0.2, -0.15) is 0 Å². The number of hydrogen-bond donors (Lipinski definition) is 2. The molecule has 0 aromatic heterocycles. The summed E-state index contributed by atoms with van der Waals surface area (Å²) >= 11 is 0. The van der Waals surface area contributed by atoms with Crippen molar-refractivity contribution in [2.24, 2.45) is 0 Å². The van der Waals surface area contributed by atoms with Crippen LogP contribution in [-0.2, 0) is 15.2 Å². The van der Waals surface area contributed by atoms with Gasteiger partial charge >= 0.3 is 0 Å². The van der Waals surface area contributed by atoms with Crippen LogP contribution in [0.25, 0.3) is 0 Å². The lowest BCUT2D eigenvalue weighted by Crippen LogP contribution is -2.44. The molecule has 0 unspecified atom stereocenters. The number of fused-ring (bicyclic) bond motifs is 1. The fourth-order valence-electron chi connectivity index (χ4n) is 3.73. The Balaban J connectivity index is 1.63. The Morgan fingerprint density at radius 3 is 2.43 bits per heavy atom. The Hall–Kier alpha value is -3.64. The molecule has 0 saturated carbocycles. The third-order valence-electron chi connectivity index (χ3n) is 5.09. The van der Waals surface area contributed by atoms with Crippen LogP contribution in [0.5, 0.6) is 5.75 Å². The fraction of sp³-hybridized carbons (Fsp3) is 0.167. The Morgan fingerprint density at radius 1 is 1.00 bits per heavy atom. The first kappa shape index (κ1) is 19.7. The molecule has 3 aromatic carbocycles. The molecule has 0 saturated heterocycles. The number of carbonyl (C=O) groups is 2. The molecule has 0 radical (unpaired) electrons. The molecule has 6 nitrogen and oxygen atoms in total. The molecule has 3 aromatic rings. The van der Waals surface area contributed by atoms with Crippen LogP contribution in [0.4, 0.5) is 11.4 Å². The van der Waals surface area contributed by atoms with Gasteiger partial charge in [0.2, 0.25) is 5.91 Å². The number of benzene rings is 3. The van der Waals surface area contributed by atoms with Crippen molar-refractivity contribution >= 4 is 23.2 Å². The molecular weight excluding hydrogens is 380 g/mol. The van der Waals surface area contributed by atoms with Gasteiger partial charge in [-0.25, -0.2) is 0 Å². The molecule has 1 aliphatic rings. The van der Waals surface area contributed by atoms with Crippen molar-refractivity contribution in [3.05, 3.63) is 90.0 Å². The third kappa shape index (κ3) is 3.31. The molecule has 1 aliphatic heterocycles. The average Bonchev–Trinajstić information content (AvgIpc) is 2.99. The van der Waals surface area contributed by atoms with E-state index in [-0.39, 0.29) is 12.5 Å². The Morgan fingerprint density at radius 2 is 1.67 bits per heavy atom. The van der Waals surface area contributed by atoms with Crippen LogP contribution in [0.3, 0.4) is 0 Å². The second-order valence-electron chi connectivity index (χ2n) is 6.96. The maximum atomic E-state index is 13.3. The van der Waals surface area contributed by atoms with Gasteiger partial charge in [0, 0.05) is 5.56 Å². The summed E-state index contributed by atoms with van der Waals surface area (Å²) in [5.74, 6) is -0.381. The molecule has 2 N–H and O–H groups in total. The largest absolute Gasteiger partial charge is 0.492 e. The number of para-hydroxylation sites is 3. The summed E-state index contributed by atoms with van der Waals surface area (Å²) in [7, 11) is 0. The molecule has 30 heavy (non-hydrogen) atoms. The summed E-state index contributed by atoms with van der Waals surface area (Å²) in [5.41, 5.74) is 0.141. The summed E-state index contributed by atoms with van der Waals surface area (Å²) in [6, 6.07) is 22.9. The lowest BCUT2D eigenvalue weighted by atomic mass is 9.88. The van der Waals surface area contributed by atoms with E-state index in [4.69, 9.17) is 4.74 Å². The van der Waals surface area contributed by atoms with Crippen molar-refractivity contribution in [1.82, 2.24) is 0 Å². The predicted molar refractivity (Wildman–Crippen MR) is 114 cm³/mol. The van der Waals surface area contributed by atoms with Crippen molar-refractivity contribution in [3.63, 3.8) is 0 Å². The zero-order valence-corrected chi connectivity index (χ0v) is 16.5. The van der Waals surface area contributed by atoms with Gasteiger partial charge in [0.1, 0.15) is 12.3 Å². The molecule has 0 bridgehead atoms. The molecule has 0 aliphatic carbocycles. The monoisotopic (exact) mass is 402 g/mol. The number of anilines is 2. The van der Waals surface area contributed by atoms with E-state index in [1.807, 2.05) is 19.1 Å². The van der Waals surface area contributed by atoms with Crippen molar-refractivity contribution in [1.29, 1.82) is 0 Å². The van der Waals surface area contributed by atoms with Gasteiger partial charge in [-0.15, -0.1) is 0 Å². The van der Waals surface area contributed by atoms with Crippen LogP contribution in [0.1, 0.15) is 18.1 Å². The molecular formula is C24H22N2O4. The lowest BCUT2D eigenvalue weighted by molar-refractivity contribution is -0.133. The van der Waals surface area contributed by atoms with Crippen molar-refractivity contribution in [2.75, 3.05) is 23.4 Å². The highest BCUT2D eigenvalue weighted by molar-refractivity contribution is 6.12.